The molecule has 1 atom stereocenters. The maximum absolute atomic E-state index is 14.5. The summed E-state index contributed by atoms with van der Waals surface area (Å²) in [6.07, 6.45) is 0.0709. The highest BCUT2D eigenvalue weighted by atomic mass is 32.2. The fourth-order valence-electron chi connectivity index (χ4n) is 4.65. The van der Waals surface area contributed by atoms with Crippen LogP contribution in [0.1, 0.15) is 11.1 Å². The van der Waals surface area contributed by atoms with Gasteiger partial charge in [0.05, 0.1) is 18.1 Å². The Morgan fingerprint density at radius 1 is 0.868 bits per heavy atom. The maximum Gasteiger partial charge on any atom is 0.247 e. The molecule has 0 aliphatic carbocycles. The number of morpholine rings is 1. The van der Waals surface area contributed by atoms with E-state index in [-0.39, 0.29) is 36.6 Å². The van der Waals surface area contributed by atoms with Gasteiger partial charge in [0.1, 0.15) is 16.8 Å². The van der Waals surface area contributed by atoms with Crippen molar-refractivity contribution in [3.05, 3.63) is 89.7 Å². The number of carbonyl (C=O) groups excluding carboxylic acids is 1. The number of carbonyl (C=O) groups is 1. The van der Waals surface area contributed by atoms with Crippen molar-refractivity contribution < 1.29 is 30.8 Å². The molecule has 0 radical (unpaired) electrons. The molecule has 1 fully saturated rings. The van der Waals surface area contributed by atoms with Gasteiger partial charge in [-0.25, -0.2) is 21.2 Å². The minimum Gasteiger partial charge on any atom is -0.379 e. The average Bonchev–Trinajstić information content (AvgIpc) is 2.93. The van der Waals surface area contributed by atoms with Gasteiger partial charge in [-0.15, -0.1) is 0 Å². The predicted molar refractivity (Wildman–Crippen MR) is 138 cm³/mol. The van der Waals surface area contributed by atoms with Crippen LogP contribution in [0.25, 0.3) is 0 Å². The topological polar surface area (TPSA) is 113 Å². The van der Waals surface area contributed by atoms with Crippen LogP contribution >= 0.6 is 0 Å². The summed E-state index contributed by atoms with van der Waals surface area (Å²) in [7, 11) is -8.19. The van der Waals surface area contributed by atoms with Gasteiger partial charge in [0.15, 0.2) is 0 Å². The second-order valence-electron chi connectivity index (χ2n) is 9.00. The molecule has 9 nitrogen and oxygen atoms in total. The maximum atomic E-state index is 14.5. The highest BCUT2D eigenvalue weighted by molar-refractivity contribution is 7.89. The number of hydrogen-bond acceptors (Lipinski definition) is 6. The van der Waals surface area contributed by atoms with Crippen LogP contribution in [0.2, 0.25) is 0 Å². The van der Waals surface area contributed by atoms with Gasteiger partial charge >= 0.3 is 0 Å². The zero-order chi connectivity index (χ0) is 26.9. The first-order valence-electron chi connectivity index (χ1n) is 12.0. The number of amides is 1. The van der Waals surface area contributed by atoms with E-state index in [0.29, 0.717) is 13.2 Å². The summed E-state index contributed by atoms with van der Waals surface area (Å²) in [5.74, 6) is -1.56. The number of ether oxygens (including phenoxy) is 1. The third kappa shape index (κ3) is 5.09. The molecule has 5 rings (SSSR count). The van der Waals surface area contributed by atoms with E-state index in [0.717, 1.165) is 21.5 Å². The Kier molecular flexibility index (Phi) is 7.34. The number of nitrogens with one attached hydrogen (secondary N) is 1. The molecule has 1 saturated heterocycles. The van der Waals surface area contributed by atoms with Gasteiger partial charge in [0.2, 0.25) is 26.0 Å². The van der Waals surface area contributed by atoms with E-state index in [4.69, 9.17) is 4.74 Å². The molecule has 2 heterocycles. The van der Waals surface area contributed by atoms with Crippen LogP contribution in [0, 0.1) is 5.82 Å². The van der Waals surface area contributed by atoms with Crippen molar-refractivity contribution in [3.8, 4) is 0 Å². The van der Waals surface area contributed by atoms with Crippen molar-refractivity contribution in [2.75, 3.05) is 31.6 Å². The van der Waals surface area contributed by atoms with Gasteiger partial charge in [-0.1, -0.05) is 42.5 Å². The number of nitrogens with zero attached hydrogens (tertiary/aromatic N) is 2. The minimum absolute atomic E-state index is 0.00187. The van der Waals surface area contributed by atoms with Crippen molar-refractivity contribution in [2.24, 2.45) is 0 Å². The Morgan fingerprint density at radius 3 is 2.29 bits per heavy atom. The first-order chi connectivity index (χ1) is 18.2. The van der Waals surface area contributed by atoms with E-state index in [1.807, 2.05) is 6.07 Å². The molecule has 3 aromatic rings. The summed E-state index contributed by atoms with van der Waals surface area (Å²) in [4.78, 5) is 13.0. The van der Waals surface area contributed by atoms with E-state index in [9.17, 15) is 26.0 Å². The Hall–Kier alpha value is -3.16. The van der Waals surface area contributed by atoms with Gasteiger partial charge in [-0.05, 0) is 47.9 Å². The highest BCUT2D eigenvalue weighted by Crippen LogP contribution is 2.31. The number of sulfonamides is 2. The van der Waals surface area contributed by atoms with Crippen LogP contribution in [0.3, 0.4) is 0 Å². The number of benzene rings is 3. The zero-order valence-corrected chi connectivity index (χ0v) is 21.9. The van der Waals surface area contributed by atoms with Crippen molar-refractivity contribution >= 4 is 31.6 Å². The molecule has 2 aliphatic rings. The van der Waals surface area contributed by atoms with Crippen LogP contribution in [-0.4, -0.2) is 63.7 Å². The second kappa shape index (κ2) is 10.5. The Bertz CT molecular complexity index is 1570. The summed E-state index contributed by atoms with van der Waals surface area (Å²) in [5.41, 5.74) is 1.72. The summed E-state index contributed by atoms with van der Waals surface area (Å²) < 4.78 is 75.4. The van der Waals surface area contributed by atoms with E-state index in [1.54, 1.807) is 18.2 Å². The zero-order valence-electron chi connectivity index (χ0n) is 20.3. The third-order valence-electron chi connectivity index (χ3n) is 6.64. The van der Waals surface area contributed by atoms with Gasteiger partial charge in [0.25, 0.3) is 0 Å². The highest BCUT2D eigenvalue weighted by Gasteiger charge is 2.40. The summed E-state index contributed by atoms with van der Waals surface area (Å²) in [6, 6.07) is 16.8. The summed E-state index contributed by atoms with van der Waals surface area (Å²) in [5, 5.41) is 2.68. The van der Waals surface area contributed by atoms with Crippen LogP contribution < -0.4 is 5.32 Å². The molecule has 200 valence electrons. The molecular weight excluding hydrogens is 533 g/mol. The lowest BCUT2D eigenvalue weighted by molar-refractivity contribution is -0.120. The van der Waals surface area contributed by atoms with Gasteiger partial charge in [-0.2, -0.15) is 8.61 Å². The van der Waals surface area contributed by atoms with E-state index in [1.165, 1.54) is 46.8 Å². The van der Waals surface area contributed by atoms with Crippen LogP contribution in [-0.2, 0) is 42.5 Å². The van der Waals surface area contributed by atoms with Crippen LogP contribution in [0.4, 0.5) is 10.1 Å². The molecule has 0 spiro atoms. The Morgan fingerprint density at radius 2 is 1.55 bits per heavy atom. The molecule has 0 bridgehead atoms. The number of fused-ring (bicyclic) bond motifs is 1. The molecule has 1 amide bonds. The Labute approximate surface area is 220 Å². The van der Waals surface area contributed by atoms with E-state index >= 15 is 0 Å². The van der Waals surface area contributed by atoms with E-state index in [2.05, 4.69) is 5.32 Å². The molecule has 0 unspecified atom stereocenters. The van der Waals surface area contributed by atoms with Crippen molar-refractivity contribution in [3.63, 3.8) is 0 Å². The molecule has 2 aliphatic heterocycles. The number of halogens is 1. The van der Waals surface area contributed by atoms with Crippen molar-refractivity contribution in [1.29, 1.82) is 0 Å². The molecule has 38 heavy (non-hydrogen) atoms. The first-order valence-corrected chi connectivity index (χ1v) is 14.9. The Balaban J connectivity index is 1.46. The summed E-state index contributed by atoms with van der Waals surface area (Å²) >= 11 is 0. The molecule has 3 aromatic carbocycles. The SMILES string of the molecule is O=C(Nc1cccc(S(=O)(=O)N2CCOCC2)c1)[C@@H]1Cc2ccccc2CN1S(=O)(=O)c1ccccc1F. The smallest absolute Gasteiger partial charge is 0.247 e. The first kappa shape index (κ1) is 26.4. The number of rotatable bonds is 6. The quantitative estimate of drug-likeness (QED) is 0.497. The monoisotopic (exact) mass is 559 g/mol. The lowest BCUT2D eigenvalue weighted by atomic mass is 9.95. The van der Waals surface area contributed by atoms with Gasteiger partial charge < -0.3 is 10.1 Å². The normalized spacial score (nSPS) is 19.0. The van der Waals surface area contributed by atoms with Gasteiger partial charge in [0, 0.05) is 25.3 Å². The van der Waals surface area contributed by atoms with Gasteiger partial charge in [-0.3, -0.25) is 4.79 Å². The summed E-state index contributed by atoms with van der Waals surface area (Å²) in [6.45, 7) is 0.930. The molecule has 12 heteroatoms. The molecule has 0 saturated carbocycles. The van der Waals surface area contributed by atoms with Crippen LogP contribution in [0.5, 0.6) is 0 Å². The minimum atomic E-state index is -4.38. The van der Waals surface area contributed by atoms with Crippen molar-refractivity contribution in [1.82, 2.24) is 8.61 Å². The molecular formula is C26H26FN3O6S2. The third-order valence-corrected chi connectivity index (χ3v) is 10.4. The van der Waals surface area contributed by atoms with Crippen LogP contribution in [0.15, 0.2) is 82.6 Å². The van der Waals surface area contributed by atoms with Crippen molar-refractivity contribution in [2.45, 2.75) is 28.8 Å². The number of hydrogen-bond donors (Lipinski definition) is 1. The molecule has 0 aromatic heterocycles. The fraction of sp³-hybridized carbons (Fsp3) is 0.269. The standard InChI is InChI=1S/C26H26FN3O6S2/c27-23-10-3-4-11-25(23)38(34,35)30-18-20-7-2-1-6-19(20)16-24(30)26(31)28-21-8-5-9-22(17-21)37(32,33)29-12-14-36-15-13-29/h1-11,17,24H,12-16,18H2,(H,28,31)/t24-/m0/s1. The lowest BCUT2D eigenvalue weighted by Crippen LogP contribution is -2.50. The number of anilines is 1. The average molecular weight is 560 g/mol. The largest absolute Gasteiger partial charge is 0.379 e. The lowest BCUT2D eigenvalue weighted by Gasteiger charge is -2.35. The molecule has 1 N–H and O–H groups in total. The fourth-order valence-corrected chi connectivity index (χ4v) is 7.74. The predicted octanol–water partition coefficient (Wildman–Crippen LogP) is 2.60. The van der Waals surface area contributed by atoms with E-state index < -0.39 is 42.7 Å². The second-order valence-corrected chi connectivity index (χ2v) is 12.8.